The summed E-state index contributed by atoms with van der Waals surface area (Å²) in [5, 5.41) is 11.7. The van der Waals surface area contributed by atoms with Gasteiger partial charge in [0, 0.05) is 6.08 Å². The maximum absolute atomic E-state index is 12.9. The number of amides is 1. The van der Waals surface area contributed by atoms with E-state index in [1.165, 1.54) is 29.5 Å². The normalized spacial score (nSPS) is 10.8. The predicted octanol–water partition coefficient (Wildman–Crippen LogP) is 2.89. The average molecular weight is 277 g/mol. The SMILES string of the molecule is CCc1nnc(NC(=O)/C=C/c2cccc(F)c2)s1. The molecule has 1 heterocycles. The zero-order valence-electron chi connectivity index (χ0n) is 10.3. The van der Waals surface area contributed by atoms with Gasteiger partial charge in [-0.15, -0.1) is 10.2 Å². The summed E-state index contributed by atoms with van der Waals surface area (Å²) in [6, 6.07) is 6.01. The monoisotopic (exact) mass is 277 g/mol. The van der Waals surface area contributed by atoms with Crippen LogP contribution < -0.4 is 5.32 Å². The molecule has 0 fully saturated rings. The van der Waals surface area contributed by atoms with E-state index < -0.39 is 0 Å². The standard InChI is InChI=1S/C13H12FN3OS/c1-2-12-16-17-13(19-12)15-11(18)7-6-9-4-3-5-10(14)8-9/h3-8H,2H2,1H3,(H,15,17,18)/b7-6+. The first-order valence-electron chi connectivity index (χ1n) is 5.74. The second kappa shape index (κ2) is 6.19. The highest BCUT2D eigenvalue weighted by Crippen LogP contribution is 2.15. The highest BCUT2D eigenvalue weighted by molar-refractivity contribution is 7.15. The highest BCUT2D eigenvalue weighted by Gasteiger charge is 2.04. The molecule has 98 valence electrons. The molecule has 0 saturated heterocycles. The number of carbonyl (C=O) groups is 1. The fourth-order valence-corrected chi connectivity index (χ4v) is 2.06. The van der Waals surface area contributed by atoms with Crippen LogP contribution in [0.5, 0.6) is 0 Å². The van der Waals surface area contributed by atoms with Crippen molar-refractivity contribution in [1.29, 1.82) is 0 Å². The van der Waals surface area contributed by atoms with Gasteiger partial charge in [-0.1, -0.05) is 30.4 Å². The van der Waals surface area contributed by atoms with Gasteiger partial charge >= 0.3 is 0 Å². The summed E-state index contributed by atoms with van der Waals surface area (Å²) < 4.78 is 12.9. The first kappa shape index (κ1) is 13.4. The Morgan fingerprint density at radius 3 is 3.00 bits per heavy atom. The number of nitrogens with one attached hydrogen (secondary N) is 1. The van der Waals surface area contributed by atoms with Crippen LogP contribution in [0.15, 0.2) is 30.3 Å². The number of aryl methyl sites for hydroxylation is 1. The summed E-state index contributed by atoms with van der Waals surface area (Å²) in [6.45, 7) is 1.97. The maximum Gasteiger partial charge on any atom is 0.250 e. The van der Waals surface area contributed by atoms with Crippen LogP contribution in [0.25, 0.3) is 6.08 Å². The fourth-order valence-electron chi connectivity index (χ4n) is 1.38. The molecule has 4 nitrogen and oxygen atoms in total. The van der Waals surface area contributed by atoms with E-state index in [1.54, 1.807) is 18.2 Å². The second-order valence-electron chi connectivity index (χ2n) is 3.73. The van der Waals surface area contributed by atoms with Crippen molar-refractivity contribution in [2.75, 3.05) is 5.32 Å². The smallest absolute Gasteiger partial charge is 0.250 e. The number of hydrogen-bond donors (Lipinski definition) is 1. The number of hydrogen-bond acceptors (Lipinski definition) is 4. The zero-order chi connectivity index (χ0) is 13.7. The molecule has 19 heavy (non-hydrogen) atoms. The lowest BCUT2D eigenvalue weighted by atomic mass is 10.2. The van der Waals surface area contributed by atoms with Gasteiger partial charge in [-0.2, -0.15) is 0 Å². The minimum atomic E-state index is -0.334. The van der Waals surface area contributed by atoms with Gasteiger partial charge in [0.1, 0.15) is 10.8 Å². The van der Waals surface area contributed by atoms with Crippen molar-refractivity contribution in [3.05, 3.63) is 46.7 Å². The molecule has 0 spiro atoms. The molecule has 2 rings (SSSR count). The third kappa shape index (κ3) is 3.96. The summed E-state index contributed by atoms with van der Waals surface area (Å²) in [4.78, 5) is 11.6. The van der Waals surface area contributed by atoms with Gasteiger partial charge in [0.05, 0.1) is 0 Å². The Balaban J connectivity index is 1.97. The van der Waals surface area contributed by atoms with Crippen molar-refractivity contribution >= 4 is 28.5 Å². The maximum atomic E-state index is 12.9. The Hall–Kier alpha value is -2.08. The second-order valence-corrected chi connectivity index (χ2v) is 4.79. The topological polar surface area (TPSA) is 54.9 Å². The van der Waals surface area contributed by atoms with E-state index in [1.807, 2.05) is 6.92 Å². The Labute approximate surface area is 114 Å². The lowest BCUT2D eigenvalue weighted by Gasteiger charge is -1.95. The van der Waals surface area contributed by atoms with Crippen LogP contribution in [0.3, 0.4) is 0 Å². The number of carbonyl (C=O) groups excluding carboxylic acids is 1. The van der Waals surface area contributed by atoms with Crippen molar-refractivity contribution in [3.8, 4) is 0 Å². The zero-order valence-corrected chi connectivity index (χ0v) is 11.1. The van der Waals surface area contributed by atoms with E-state index in [2.05, 4.69) is 15.5 Å². The molecule has 1 aromatic carbocycles. The van der Waals surface area contributed by atoms with Crippen molar-refractivity contribution in [2.45, 2.75) is 13.3 Å². The van der Waals surface area contributed by atoms with Crippen LogP contribution in [0.4, 0.5) is 9.52 Å². The van der Waals surface area contributed by atoms with Gasteiger partial charge in [0.2, 0.25) is 11.0 Å². The molecular formula is C13H12FN3OS. The number of aromatic nitrogens is 2. The number of rotatable bonds is 4. The van der Waals surface area contributed by atoms with Crippen LogP contribution in [-0.2, 0) is 11.2 Å². The van der Waals surface area contributed by atoms with Gasteiger partial charge in [-0.25, -0.2) is 4.39 Å². The molecule has 6 heteroatoms. The minimum Gasteiger partial charge on any atom is -0.297 e. The van der Waals surface area contributed by atoms with E-state index >= 15 is 0 Å². The minimum absolute atomic E-state index is 0.317. The fraction of sp³-hybridized carbons (Fsp3) is 0.154. The summed E-state index contributed by atoms with van der Waals surface area (Å²) in [5.41, 5.74) is 0.627. The quantitative estimate of drug-likeness (QED) is 0.874. The van der Waals surface area contributed by atoms with Gasteiger partial charge in [0.25, 0.3) is 0 Å². The number of anilines is 1. The van der Waals surface area contributed by atoms with E-state index in [4.69, 9.17) is 0 Å². The molecule has 0 saturated carbocycles. The van der Waals surface area contributed by atoms with Gasteiger partial charge in [0.15, 0.2) is 0 Å². The third-order valence-electron chi connectivity index (χ3n) is 2.28. The summed E-state index contributed by atoms with van der Waals surface area (Å²) >= 11 is 1.34. The molecule has 1 N–H and O–H groups in total. The number of halogens is 1. The summed E-state index contributed by atoms with van der Waals surface area (Å²) in [5.74, 6) is -0.651. The molecule has 1 aromatic heterocycles. The number of benzene rings is 1. The Morgan fingerprint density at radius 1 is 1.47 bits per heavy atom. The molecule has 0 aliphatic carbocycles. The van der Waals surface area contributed by atoms with Crippen LogP contribution in [0.2, 0.25) is 0 Å². The largest absolute Gasteiger partial charge is 0.297 e. The molecule has 0 unspecified atom stereocenters. The van der Waals surface area contributed by atoms with Crippen LogP contribution in [0, 0.1) is 5.82 Å². The molecule has 0 bridgehead atoms. The highest BCUT2D eigenvalue weighted by atomic mass is 32.1. The Morgan fingerprint density at radius 2 is 2.32 bits per heavy atom. The molecule has 0 aliphatic heterocycles. The number of nitrogens with zero attached hydrogens (tertiary/aromatic N) is 2. The van der Waals surface area contributed by atoms with E-state index in [9.17, 15) is 9.18 Å². The van der Waals surface area contributed by atoms with Crippen LogP contribution >= 0.6 is 11.3 Å². The Bertz CT molecular complexity index is 609. The third-order valence-corrected chi connectivity index (χ3v) is 3.26. The molecule has 1 amide bonds. The first-order chi connectivity index (χ1) is 9.17. The van der Waals surface area contributed by atoms with Crippen molar-refractivity contribution in [3.63, 3.8) is 0 Å². The van der Waals surface area contributed by atoms with E-state index in [-0.39, 0.29) is 11.7 Å². The summed E-state index contributed by atoms with van der Waals surface area (Å²) in [6.07, 6.45) is 3.66. The van der Waals surface area contributed by atoms with Crippen molar-refractivity contribution < 1.29 is 9.18 Å². The van der Waals surface area contributed by atoms with E-state index in [0.29, 0.717) is 10.7 Å². The molecule has 0 atom stereocenters. The van der Waals surface area contributed by atoms with E-state index in [0.717, 1.165) is 11.4 Å². The van der Waals surface area contributed by atoms with Gasteiger partial charge in [-0.3, -0.25) is 10.1 Å². The first-order valence-corrected chi connectivity index (χ1v) is 6.56. The Kier molecular flexibility index (Phi) is 4.35. The molecule has 0 aliphatic rings. The lowest BCUT2D eigenvalue weighted by Crippen LogP contribution is -2.07. The van der Waals surface area contributed by atoms with Crippen molar-refractivity contribution in [2.24, 2.45) is 0 Å². The van der Waals surface area contributed by atoms with Crippen LogP contribution in [0.1, 0.15) is 17.5 Å². The lowest BCUT2D eigenvalue weighted by molar-refractivity contribution is -0.111. The van der Waals surface area contributed by atoms with Gasteiger partial charge < -0.3 is 0 Å². The molecule has 0 radical (unpaired) electrons. The van der Waals surface area contributed by atoms with Gasteiger partial charge in [-0.05, 0) is 30.2 Å². The molecular weight excluding hydrogens is 265 g/mol. The average Bonchev–Trinajstić information content (AvgIpc) is 2.84. The summed E-state index contributed by atoms with van der Waals surface area (Å²) in [7, 11) is 0. The molecule has 2 aromatic rings. The van der Waals surface area contributed by atoms with Crippen molar-refractivity contribution in [1.82, 2.24) is 10.2 Å². The van der Waals surface area contributed by atoms with Crippen LogP contribution in [-0.4, -0.2) is 16.1 Å². The predicted molar refractivity (Wildman–Crippen MR) is 73.4 cm³/mol.